The minimum atomic E-state index is -0.184. The van der Waals surface area contributed by atoms with Crippen LogP contribution in [0.1, 0.15) is 54.4 Å². The summed E-state index contributed by atoms with van der Waals surface area (Å²) >= 11 is 0. The standard InChI is InChI=1S/C21H24N4O3/c1-3-15-7-11-19(25-24-15)21(26)23-16-5-9-17(10-6-16)28-18-8-4-14(13-22)20(12-18)27-2/h4,7-8,11-12,16-17H,3,5-6,9-10H2,1-2H3,(H,23,26). The number of amides is 1. The van der Waals surface area contributed by atoms with E-state index < -0.39 is 0 Å². The lowest BCUT2D eigenvalue weighted by Crippen LogP contribution is -2.40. The van der Waals surface area contributed by atoms with Gasteiger partial charge in [-0.2, -0.15) is 10.4 Å². The highest BCUT2D eigenvalue weighted by Crippen LogP contribution is 2.28. The van der Waals surface area contributed by atoms with Gasteiger partial charge in [0, 0.05) is 12.1 Å². The number of aryl methyl sites for hydroxylation is 1. The highest BCUT2D eigenvalue weighted by atomic mass is 16.5. The molecule has 1 aromatic carbocycles. The van der Waals surface area contributed by atoms with Gasteiger partial charge in [-0.25, -0.2) is 0 Å². The molecule has 146 valence electrons. The van der Waals surface area contributed by atoms with Crippen LogP contribution in [-0.2, 0) is 6.42 Å². The van der Waals surface area contributed by atoms with Gasteiger partial charge in [0.2, 0.25) is 0 Å². The first-order valence-electron chi connectivity index (χ1n) is 9.51. The van der Waals surface area contributed by atoms with Gasteiger partial charge in [-0.1, -0.05) is 6.92 Å². The summed E-state index contributed by atoms with van der Waals surface area (Å²) in [5, 5.41) is 20.1. The van der Waals surface area contributed by atoms with Crippen molar-refractivity contribution >= 4 is 5.91 Å². The number of aromatic nitrogens is 2. The van der Waals surface area contributed by atoms with Gasteiger partial charge in [0.1, 0.15) is 17.6 Å². The van der Waals surface area contributed by atoms with Crippen LogP contribution in [0, 0.1) is 11.3 Å². The van der Waals surface area contributed by atoms with Crippen molar-refractivity contribution in [3.05, 3.63) is 47.3 Å². The molecular formula is C21H24N4O3. The molecule has 7 heteroatoms. The average molecular weight is 380 g/mol. The largest absolute Gasteiger partial charge is 0.495 e. The fourth-order valence-electron chi connectivity index (χ4n) is 3.28. The van der Waals surface area contributed by atoms with Crippen molar-refractivity contribution in [2.45, 2.75) is 51.2 Å². The van der Waals surface area contributed by atoms with Crippen molar-refractivity contribution in [2.75, 3.05) is 7.11 Å². The summed E-state index contributed by atoms with van der Waals surface area (Å²) in [5.74, 6) is 1.02. The van der Waals surface area contributed by atoms with Crippen molar-refractivity contribution in [2.24, 2.45) is 0 Å². The van der Waals surface area contributed by atoms with Gasteiger partial charge >= 0.3 is 0 Å². The number of carbonyl (C=O) groups is 1. The number of rotatable bonds is 6. The molecule has 0 atom stereocenters. The van der Waals surface area contributed by atoms with Gasteiger partial charge in [-0.05, 0) is 56.4 Å². The van der Waals surface area contributed by atoms with E-state index in [4.69, 9.17) is 14.7 Å². The maximum atomic E-state index is 12.3. The molecule has 0 saturated heterocycles. The summed E-state index contributed by atoms with van der Waals surface area (Å²) in [5.41, 5.74) is 1.70. The lowest BCUT2D eigenvalue weighted by molar-refractivity contribution is 0.0887. The van der Waals surface area contributed by atoms with Crippen LogP contribution in [0.5, 0.6) is 11.5 Å². The number of benzene rings is 1. The Morgan fingerprint density at radius 3 is 2.61 bits per heavy atom. The third kappa shape index (κ3) is 4.77. The maximum Gasteiger partial charge on any atom is 0.272 e. The smallest absolute Gasteiger partial charge is 0.272 e. The molecule has 1 fully saturated rings. The minimum absolute atomic E-state index is 0.0782. The van der Waals surface area contributed by atoms with Crippen molar-refractivity contribution in [1.29, 1.82) is 5.26 Å². The van der Waals surface area contributed by atoms with Crippen LogP contribution in [0.4, 0.5) is 0 Å². The molecule has 0 spiro atoms. The number of methoxy groups -OCH3 is 1. The lowest BCUT2D eigenvalue weighted by atomic mass is 9.92. The topological polar surface area (TPSA) is 97.1 Å². The molecule has 1 amide bonds. The molecular weight excluding hydrogens is 356 g/mol. The van der Waals surface area contributed by atoms with E-state index in [1.165, 1.54) is 7.11 Å². The highest BCUT2D eigenvalue weighted by molar-refractivity contribution is 5.92. The number of ether oxygens (including phenoxy) is 2. The third-order valence-electron chi connectivity index (χ3n) is 4.92. The summed E-state index contributed by atoms with van der Waals surface area (Å²) in [6, 6.07) is 11.0. The fraction of sp³-hybridized carbons (Fsp3) is 0.429. The van der Waals surface area contributed by atoms with Gasteiger partial charge in [0.05, 0.1) is 24.5 Å². The number of carbonyl (C=O) groups excluding carboxylic acids is 1. The highest BCUT2D eigenvalue weighted by Gasteiger charge is 2.24. The van der Waals surface area contributed by atoms with Crippen molar-refractivity contribution < 1.29 is 14.3 Å². The zero-order valence-corrected chi connectivity index (χ0v) is 16.1. The summed E-state index contributed by atoms with van der Waals surface area (Å²) in [6.07, 6.45) is 4.23. The Hall–Kier alpha value is -3.14. The molecule has 0 radical (unpaired) electrons. The minimum Gasteiger partial charge on any atom is -0.495 e. The van der Waals surface area contributed by atoms with Crippen LogP contribution in [0.3, 0.4) is 0 Å². The summed E-state index contributed by atoms with van der Waals surface area (Å²) in [4.78, 5) is 12.3. The molecule has 3 rings (SSSR count). The van der Waals surface area contributed by atoms with Gasteiger partial charge in [0.25, 0.3) is 5.91 Å². The summed E-state index contributed by atoms with van der Waals surface area (Å²) in [6.45, 7) is 2.00. The van der Waals surface area contributed by atoms with E-state index in [-0.39, 0.29) is 18.1 Å². The molecule has 1 heterocycles. The van der Waals surface area contributed by atoms with Crippen molar-refractivity contribution in [3.8, 4) is 17.6 Å². The van der Waals surface area contributed by atoms with Crippen molar-refractivity contribution in [3.63, 3.8) is 0 Å². The van der Waals surface area contributed by atoms with Crippen LogP contribution in [0.25, 0.3) is 0 Å². The predicted octanol–water partition coefficient (Wildman–Crippen LogP) is 3.04. The number of nitrogens with zero attached hydrogens (tertiary/aromatic N) is 3. The molecule has 1 saturated carbocycles. The van der Waals surface area contributed by atoms with E-state index in [1.807, 2.05) is 13.0 Å². The molecule has 0 aliphatic heterocycles. The summed E-state index contributed by atoms with van der Waals surface area (Å²) in [7, 11) is 1.54. The van der Waals surface area contributed by atoms with Gasteiger partial charge in [-0.15, -0.1) is 5.10 Å². The molecule has 2 aromatic rings. The normalized spacial score (nSPS) is 18.8. The van der Waals surface area contributed by atoms with Crippen LogP contribution < -0.4 is 14.8 Å². The second kappa shape index (κ2) is 9.18. The quantitative estimate of drug-likeness (QED) is 0.827. The second-order valence-corrected chi connectivity index (χ2v) is 6.80. The first-order valence-corrected chi connectivity index (χ1v) is 9.51. The van der Waals surface area contributed by atoms with E-state index >= 15 is 0 Å². The van der Waals surface area contributed by atoms with E-state index in [0.717, 1.165) is 37.8 Å². The Morgan fingerprint density at radius 1 is 1.21 bits per heavy atom. The van der Waals surface area contributed by atoms with Gasteiger partial charge in [0.15, 0.2) is 5.69 Å². The number of hydrogen-bond donors (Lipinski definition) is 1. The monoisotopic (exact) mass is 380 g/mol. The van der Waals surface area contributed by atoms with Crippen molar-refractivity contribution in [1.82, 2.24) is 15.5 Å². The number of hydrogen-bond acceptors (Lipinski definition) is 6. The lowest BCUT2D eigenvalue weighted by Gasteiger charge is -2.29. The molecule has 1 aliphatic rings. The number of nitrogens with one attached hydrogen (secondary N) is 1. The first-order chi connectivity index (χ1) is 13.6. The molecule has 28 heavy (non-hydrogen) atoms. The molecule has 1 N–H and O–H groups in total. The Kier molecular flexibility index (Phi) is 6.43. The fourth-order valence-corrected chi connectivity index (χ4v) is 3.28. The molecule has 7 nitrogen and oxygen atoms in total. The van der Waals surface area contributed by atoms with E-state index in [9.17, 15) is 4.79 Å². The SMILES string of the molecule is CCc1ccc(C(=O)NC2CCC(Oc3ccc(C#N)c(OC)c3)CC2)nn1. The van der Waals surface area contributed by atoms with E-state index in [0.29, 0.717) is 22.8 Å². The molecule has 1 aromatic heterocycles. The molecule has 0 bridgehead atoms. The Labute approximate surface area is 164 Å². The average Bonchev–Trinajstić information content (AvgIpc) is 2.75. The number of nitriles is 1. The van der Waals surface area contributed by atoms with Crippen LogP contribution in [0.2, 0.25) is 0 Å². The Bertz CT molecular complexity index is 853. The van der Waals surface area contributed by atoms with E-state index in [2.05, 4.69) is 21.6 Å². The zero-order chi connectivity index (χ0) is 19.9. The molecule has 0 unspecified atom stereocenters. The maximum absolute atomic E-state index is 12.3. The summed E-state index contributed by atoms with van der Waals surface area (Å²) < 4.78 is 11.3. The van der Waals surface area contributed by atoms with Gasteiger partial charge < -0.3 is 14.8 Å². The van der Waals surface area contributed by atoms with Gasteiger partial charge in [-0.3, -0.25) is 4.79 Å². The van der Waals surface area contributed by atoms with Crippen LogP contribution in [0.15, 0.2) is 30.3 Å². The van der Waals surface area contributed by atoms with Crippen LogP contribution in [-0.4, -0.2) is 35.4 Å². The first kappa shape index (κ1) is 19.6. The van der Waals surface area contributed by atoms with E-state index in [1.54, 1.807) is 24.3 Å². The third-order valence-corrected chi connectivity index (χ3v) is 4.92. The zero-order valence-electron chi connectivity index (χ0n) is 16.1. The molecule has 1 aliphatic carbocycles. The Balaban J connectivity index is 1.50. The second-order valence-electron chi connectivity index (χ2n) is 6.80. The predicted molar refractivity (Wildman–Crippen MR) is 103 cm³/mol. The Morgan fingerprint density at radius 2 is 2.00 bits per heavy atom. The van der Waals surface area contributed by atoms with Crippen LogP contribution >= 0.6 is 0 Å².